The van der Waals surface area contributed by atoms with Crippen molar-refractivity contribution in [1.29, 1.82) is 0 Å². The first-order valence-electron chi connectivity index (χ1n) is 2.25. The summed E-state index contributed by atoms with van der Waals surface area (Å²) in [5.41, 5.74) is 10.0. The lowest BCUT2D eigenvalue weighted by atomic mass is 10.5. The van der Waals surface area contributed by atoms with Crippen molar-refractivity contribution in [3.05, 3.63) is 11.9 Å². The van der Waals surface area contributed by atoms with Crippen LogP contribution < -0.4 is 16.8 Å². The van der Waals surface area contributed by atoms with Gasteiger partial charge in [0, 0.05) is 0 Å². The van der Waals surface area contributed by atoms with E-state index >= 15 is 0 Å². The van der Waals surface area contributed by atoms with Gasteiger partial charge in [-0.25, -0.2) is 10.3 Å². The topological polar surface area (TPSA) is 95.6 Å². The number of carbonyl (C=O) groups excluding carboxylic acids is 1. The number of amides is 1. The Labute approximate surface area is 51.4 Å². The van der Waals surface area contributed by atoms with E-state index in [2.05, 4.69) is 10.3 Å². The Balaban J connectivity index is 2.75. The van der Waals surface area contributed by atoms with Crippen molar-refractivity contribution < 1.29 is 4.79 Å². The van der Waals surface area contributed by atoms with Crippen LogP contribution in [0.2, 0.25) is 0 Å². The molecule has 1 rings (SSSR count). The van der Waals surface area contributed by atoms with E-state index in [0.717, 1.165) is 0 Å². The fourth-order valence-electron chi connectivity index (χ4n) is 0.427. The molecule has 5 nitrogen and oxygen atoms in total. The van der Waals surface area contributed by atoms with Crippen LogP contribution in [-0.2, 0) is 4.79 Å². The van der Waals surface area contributed by atoms with Gasteiger partial charge in [-0.2, -0.15) is 0 Å². The van der Waals surface area contributed by atoms with Crippen molar-refractivity contribution in [2.24, 2.45) is 16.5 Å². The molecule has 9 heavy (non-hydrogen) atoms. The highest BCUT2D eigenvalue weighted by Crippen LogP contribution is 1.98. The quantitative estimate of drug-likeness (QED) is 0.434. The summed E-state index contributed by atoms with van der Waals surface area (Å²) in [6.07, 6.45) is 1.23. The number of primary amides is 1. The number of hydrogen-bond acceptors (Lipinski definition) is 3. The Morgan fingerprint density at radius 3 is 2.56 bits per heavy atom. The molecule has 1 radical (unpaired) electrons. The second-order valence-corrected chi connectivity index (χ2v) is 1.48. The predicted octanol–water partition coefficient (Wildman–Crippen LogP) is -1.75. The van der Waals surface area contributed by atoms with Gasteiger partial charge in [0.25, 0.3) is 5.91 Å². The zero-order valence-electron chi connectivity index (χ0n) is 4.53. The molecule has 0 saturated carbocycles. The van der Waals surface area contributed by atoms with Crippen LogP contribution in [0.5, 0.6) is 0 Å². The zero-order valence-corrected chi connectivity index (χ0v) is 4.53. The molecule has 4 N–H and O–H groups in total. The second-order valence-electron chi connectivity index (χ2n) is 1.48. The molecule has 0 aliphatic carbocycles. The number of nitrogens with two attached hydrogens (primary N) is 2. The first-order valence-corrected chi connectivity index (χ1v) is 2.25. The van der Waals surface area contributed by atoms with Gasteiger partial charge in [0.05, 0.1) is 6.20 Å². The van der Waals surface area contributed by atoms with E-state index in [-0.39, 0.29) is 11.7 Å². The third kappa shape index (κ3) is 0.987. The SMILES string of the molecule is NC(=O)C1=C[N]C(N)=N1. The molecule has 0 fully saturated rings. The Bertz CT molecular complexity index is 205. The van der Waals surface area contributed by atoms with E-state index in [0.29, 0.717) is 0 Å². The largest absolute Gasteiger partial charge is 0.368 e. The molecule has 0 unspecified atom stereocenters. The molecule has 47 valence electrons. The molecule has 1 amide bonds. The number of nitrogens with zero attached hydrogens (tertiary/aromatic N) is 2. The number of rotatable bonds is 1. The molecule has 5 heteroatoms. The highest BCUT2D eigenvalue weighted by atomic mass is 16.1. The van der Waals surface area contributed by atoms with E-state index in [1.807, 2.05) is 0 Å². The monoisotopic (exact) mass is 125 g/mol. The summed E-state index contributed by atoms with van der Waals surface area (Å²) in [4.78, 5) is 13.8. The lowest BCUT2D eigenvalue weighted by molar-refractivity contribution is -0.114. The molecule has 0 saturated heterocycles. The molecular weight excluding hydrogens is 120 g/mol. The molecule has 1 aliphatic rings. The summed E-state index contributed by atoms with van der Waals surface area (Å²) in [5.74, 6) is -0.539. The number of hydrogen-bond donors (Lipinski definition) is 2. The Kier molecular flexibility index (Phi) is 1.11. The molecule has 0 aromatic heterocycles. The van der Waals surface area contributed by atoms with E-state index in [9.17, 15) is 4.79 Å². The van der Waals surface area contributed by atoms with Crippen LogP contribution in [0.15, 0.2) is 16.9 Å². The van der Waals surface area contributed by atoms with Crippen LogP contribution in [0.25, 0.3) is 0 Å². The van der Waals surface area contributed by atoms with Crippen LogP contribution in [0.3, 0.4) is 0 Å². The van der Waals surface area contributed by atoms with Gasteiger partial charge >= 0.3 is 0 Å². The minimum atomic E-state index is -0.612. The number of guanidine groups is 1. The van der Waals surface area contributed by atoms with Gasteiger partial charge < -0.3 is 11.5 Å². The Hall–Kier alpha value is -1.52. The summed E-state index contributed by atoms with van der Waals surface area (Å²) in [6.45, 7) is 0. The van der Waals surface area contributed by atoms with Crippen molar-refractivity contribution in [2.75, 3.05) is 0 Å². The molecule has 1 heterocycles. The standard InChI is InChI=1S/C4H5N4O/c5-3(9)2-1-7-4(6)8-2/h1H,(H2,5,9)(H2,6,8). The summed E-state index contributed by atoms with van der Waals surface area (Å²) in [7, 11) is 0. The first-order chi connectivity index (χ1) is 4.20. The van der Waals surface area contributed by atoms with E-state index in [4.69, 9.17) is 11.5 Å². The third-order valence-electron chi connectivity index (χ3n) is 0.807. The average Bonchev–Trinajstić information content (AvgIpc) is 2.14. The summed E-state index contributed by atoms with van der Waals surface area (Å²) >= 11 is 0. The van der Waals surface area contributed by atoms with Crippen molar-refractivity contribution in [3.8, 4) is 0 Å². The van der Waals surface area contributed by atoms with Gasteiger partial charge in [0.2, 0.25) is 5.96 Å². The second kappa shape index (κ2) is 1.77. The molecule has 1 aliphatic heterocycles. The average molecular weight is 125 g/mol. The van der Waals surface area contributed by atoms with Crippen LogP contribution in [0.1, 0.15) is 0 Å². The van der Waals surface area contributed by atoms with E-state index in [1.54, 1.807) is 0 Å². The highest BCUT2D eigenvalue weighted by molar-refractivity contribution is 5.97. The molecule has 0 aromatic rings. The van der Waals surface area contributed by atoms with Crippen molar-refractivity contribution in [1.82, 2.24) is 5.32 Å². The molecule has 0 spiro atoms. The molecular formula is C4H5N4O. The fourth-order valence-corrected chi connectivity index (χ4v) is 0.427. The maximum atomic E-state index is 10.3. The predicted molar refractivity (Wildman–Crippen MR) is 31.0 cm³/mol. The Morgan fingerprint density at radius 1 is 1.67 bits per heavy atom. The van der Waals surface area contributed by atoms with Gasteiger partial charge in [-0.1, -0.05) is 0 Å². The minimum absolute atomic E-state index is 0.0730. The van der Waals surface area contributed by atoms with Gasteiger partial charge in [-0.3, -0.25) is 4.79 Å². The molecule has 0 aromatic carbocycles. The van der Waals surface area contributed by atoms with Gasteiger partial charge in [-0.15, -0.1) is 0 Å². The van der Waals surface area contributed by atoms with Gasteiger partial charge in [0.15, 0.2) is 0 Å². The molecule has 0 atom stereocenters. The zero-order chi connectivity index (χ0) is 6.85. The third-order valence-corrected chi connectivity index (χ3v) is 0.807. The summed E-state index contributed by atoms with van der Waals surface area (Å²) in [6, 6.07) is 0. The van der Waals surface area contributed by atoms with Gasteiger partial charge in [0.1, 0.15) is 5.70 Å². The normalized spacial score (nSPS) is 16.0. The van der Waals surface area contributed by atoms with E-state index < -0.39 is 5.91 Å². The summed E-state index contributed by atoms with van der Waals surface area (Å²) < 4.78 is 0. The maximum absolute atomic E-state index is 10.3. The highest BCUT2D eigenvalue weighted by Gasteiger charge is 2.09. The van der Waals surface area contributed by atoms with Crippen LogP contribution >= 0.6 is 0 Å². The summed E-state index contributed by atoms with van der Waals surface area (Å²) in [5, 5.41) is 3.50. The minimum Gasteiger partial charge on any atom is -0.368 e. The van der Waals surface area contributed by atoms with Crippen LogP contribution in [0, 0.1) is 0 Å². The van der Waals surface area contributed by atoms with Crippen molar-refractivity contribution in [3.63, 3.8) is 0 Å². The number of aliphatic imine (C=N–C) groups is 1. The van der Waals surface area contributed by atoms with Crippen molar-refractivity contribution >= 4 is 11.9 Å². The molecule has 0 bridgehead atoms. The number of carbonyl (C=O) groups is 1. The van der Waals surface area contributed by atoms with E-state index in [1.165, 1.54) is 6.20 Å². The van der Waals surface area contributed by atoms with Gasteiger partial charge in [-0.05, 0) is 0 Å². The van der Waals surface area contributed by atoms with Crippen molar-refractivity contribution in [2.45, 2.75) is 0 Å². The smallest absolute Gasteiger partial charge is 0.269 e. The lowest BCUT2D eigenvalue weighted by Gasteiger charge is -1.83. The van der Waals surface area contributed by atoms with Crippen LogP contribution in [0.4, 0.5) is 0 Å². The Morgan fingerprint density at radius 2 is 2.33 bits per heavy atom. The maximum Gasteiger partial charge on any atom is 0.269 e. The lowest BCUT2D eigenvalue weighted by Crippen LogP contribution is -2.17. The first kappa shape index (κ1) is 5.61. The van der Waals surface area contributed by atoms with Crippen LogP contribution in [-0.4, -0.2) is 11.9 Å². The fraction of sp³-hybridized carbons (Fsp3) is 0.